The first-order valence-electron chi connectivity index (χ1n) is 7.05. The number of carbonyl (C=O) groups is 1. The van der Waals surface area contributed by atoms with E-state index in [2.05, 4.69) is 22.5 Å². The summed E-state index contributed by atoms with van der Waals surface area (Å²) in [5.74, 6) is 0.931. The average molecular weight is 255 g/mol. The minimum absolute atomic E-state index is 0.107. The van der Waals surface area contributed by atoms with Gasteiger partial charge in [0.05, 0.1) is 19.8 Å². The number of hydrogen-bond acceptors (Lipinski definition) is 4. The van der Waals surface area contributed by atoms with E-state index in [9.17, 15) is 4.79 Å². The van der Waals surface area contributed by atoms with Crippen molar-refractivity contribution in [1.82, 2.24) is 15.5 Å². The van der Waals surface area contributed by atoms with Gasteiger partial charge in [0.1, 0.15) is 0 Å². The van der Waals surface area contributed by atoms with Crippen molar-refractivity contribution in [2.24, 2.45) is 5.92 Å². The molecule has 1 unspecified atom stereocenters. The van der Waals surface area contributed by atoms with Crippen LogP contribution in [0.2, 0.25) is 0 Å². The third-order valence-electron chi connectivity index (χ3n) is 3.68. The van der Waals surface area contributed by atoms with E-state index in [-0.39, 0.29) is 5.91 Å². The Labute approximate surface area is 109 Å². The van der Waals surface area contributed by atoms with Crippen molar-refractivity contribution in [2.45, 2.75) is 25.8 Å². The minimum Gasteiger partial charge on any atom is -0.379 e. The fourth-order valence-corrected chi connectivity index (χ4v) is 2.18. The van der Waals surface area contributed by atoms with Gasteiger partial charge in [-0.05, 0) is 32.2 Å². The van der Waals surface area contributed by atoms with Gasteiger partial charge in [-0.1, -0.05) is 0 Å². The van der Waals surface area contributed by atoms with Crippen LogP contribution in [0.1, 0.15) is 19.8 Å². The molecule has 5 heteroatoms. The maximum atomic E-state index is 11.6. The number of rotatable bonds is 7. The summed E-state index contributed by atoms with van der Waals surface area (Å²) >= 11 is 0. The number of amides is 1. The molecule has 2 rings (SSSR count). The molecule has 1 heterocycles. The zero-order valence-electron chi connectivity index (χ0n) is 11.3. The van der Waals surface area contributed by atoms with E-state index < -0.39 is 0 Å². The number of carbonyl (C=O) groups excluding carboxylic acids is 1. The van der Waals surface area contributed by atoms with E-state index in [1.54, 1.807) is 0 Å². The molecule has 5 nitrogen and oxygen atoms in total. The maximum Gasteiger partial charge on any atom is 0.234 e. The van der Waals surface area contributed by atoms with E-state index in [1.165, 1.54) is 12.8 Å². The van der Waals surface area contributed by atoms with Gasteiger partial charge < -0.3 is 15.4 Å². The number of nitrogens with zero attached hydrogens (tertiary/aromatic N) is 1. The van der Waals surface area contributed by atoms with E-state index in [0.717, 1.165) is 45.3 Å². The molecule has 1 aliphatic heterocycles. The SMILES string of the molecule is CC(CNC(=O)CNCC1CC1)N1CCOCC1. The van der Waals surface area contributed by atoms with Crippen molar-refractivity contribution in [3.63, 3.8) is 0 Å². The lowest BCUT2D eigenvalue weighted by molar-refractivity contribution is -0.120. The van der Waals surface area contributed by atoms with Crippen LogP contribution in [0.4, 0.5) is 0 Å². The van der Waals surface area contributed by atoms with E-state index in [0.29, 0.717) is 12.6 Å². The molecule has 0 aromatic carbocycles. The van der Waals surface area contributed by atoms with Crippen LogP contribution in [-0.2, 0) is 9.53 Å². The van der Waals surface area contributed by atoms with Crippen LogP contribution in [0, 0.1) is 5.92 Å². The Hall–Kier alpha value is -0.650. The van der Waals surface area contributed by atoms with Crippen LogP contribution in [0.5, 0.6) is 0 Å². The number of ether oxygens (including phenoxy) is 1. The Morgan fingerprint density at radius 1 is 1.39 bits per heavy atom. The van der Waals surface area contributed by atoms with Gasteiger partial charge >= 0.3 is 0 Å². The smallest absolute Gasteiger partial charge is 0.234 e. The van der Waals surface area contributed by atoms with E-state index in [1.807, 2.05) is 0 Å². The topological polar surface area (TPSA) is 53.6 Å². The van der Waals surface area contributed by atoms with Crippen LogP contribution in [0.3, 0.4) is 0 Å². The second kappa shape index (κ2) is 7.07. The van der Waals surface area contributed by atoms with Gasteiger partial charge in [-0.2, -0.15) is 0 Å². The second-order valence-electron chi connectivity index (χ2n) is 5.38. The number of nitrogens with one attached hydrogen (secondary N) is 2. The predicted molar refractivity (Wildman–Crippen MR) is 70.5 cm³/mol. The zero-order chi connectivity index (χ0) is 12.8. The molecule has 2 aliphatic rings. The first kappa shape index (κ1) is 13.8. The molecule has 2 N–H and O–H groups in total. The van der Waals surface area contributed by atoms with Crippen molar-refractivity contribution in [3.8, 4) is 0 Å². The highest BCUT2D eigenvalue weighted by Gasteiger charge is 2.21. The molecule has 0 spiro atoms. The summed E-state index contributed by atoms with van der Waals surface area (Å²) in [6, 6.07) is 0.390. The van der Waals surface area contributed by atoms with E-state index in [4.69, 9.17) is 4.74 Å². The van der Waals surface area contributed by atoms with Crippen molar-refractivity contribution >= 4 is 5.91 Å². The lowest BCUT2D eigenvalue weighted by atomic mass is 10.2. The molecule has 18 heavy (non-hydrogen) atoms. The summed E-state index contributed by atoms with van der Waals surface area (Å²) in [5, 5.41) is 6.19. The van der Waals surface area contributed by atoms with Crippen LogP contribution >= 0.6 is 0 Å². The van der Waals surface area contributed by atoms with Crippen LogP contribution < -0.4 is 10.6 Å². The Morgan fingerprint density at radius 2 is 2.11 bits per heavy atom. The van der Waals surface area contributed by atoms with Gasteiger partial charge in [-0.15, -0.1) is 0 Å². The van der Waals surface area contributed by atoms with Gasteiger partial charge in [-0.25, -0.2) is 0 Å². The molecule has 1 saturated heterocycles. The third kappa shape index (κ3) is 4.92. The van der Waals surface area contributed by atoms with Gasteiger partial charge in [0.2, 0.25) is 5.91 Å². The third-order valence-corrected chi connectivity index (χ3v) is 3.68. The van der Waals surface area contributed by atoms with Crippen LogP contribution in [0.25, 0.3) is 0 Å². The Morgan fingerprint density at radius 3 is 2.78 bits per heavy atom. The summed E-state index contributed by atoms with van der Waals surface area (Å²) < 4.78 is 5.32. The van der Waals surface area contributed by atoms with Crippen molar-refractivity contribution in [2.75, 3.05) is 45.9 Å². The fraction of sp³-hybridized carbons (Fsp3) is 0.923. The Kier molecular flexibility index (Phi) is 5.41. The van der Waals surface area contributed by atoms with Crippen molar-refractivity contribution in [3.05, 3.63) is 0 Å². The highest BCUT2D eigenvalue weighted by atomic mass is 16.5. The summed E-state index contributed by atoms with van der Waals surface area (Å²) in [5.41, 5.74) is 0. The fourth-order valence-electron chi connectivity index (χ4n) is 2.18. The summed E-state index contributed by atoms with van der Waals surface area (Å²) in [6.07, 6.45) is 2.64. The van der Waals surface area contributed by atoms with Crippen molar-refractivity contribution in [1.29, 1.82) is 0 Å². The molecule has 0 bridgehead atoms. The monoisotopic (exact) mass is 255 g/mol. The Balaban J connectivity index is 1.53. The molecule has 1 saturated carbocycles. The molecule has 1 atom stereocenters. The maximum absolute atomic E-state index is 11.6. The standard InChI is InChI=1S/C13H25N3O2/c1-11(16-4-6-18-7-5-16)8-15-13(17)10-14-9-12-2-3-12/h11-12,14H,2-10H2,1H3,(H,15,17). The summed E-state index contributed by atoms with van der Waals surface area (Å²) in [4.78, 5) is 14.0. The molecule has 1 aliphatic carbocycles. The number of hydrogen-bond donors (Lipinski definition) is 2. The van der Waals surface area contributed by atoms with Gasteiger partial charge in [-0.3, -0.25) is 9.69 Å². The quantitative estimate of drug-likeness (QED) is 0.663. The molecule has 0 aromatic rings. The lowest BCUT2D eigenvalue weighted by Gasteiger charge is -2.32. The van der Waals surface area contributed by atoms with Crippen molar-refractivity contribution < 1.29 is 9.53 Å². The molecule has 0 aromatic heterocycles. The molecular weight excluding hydrogens is 230 g/mol. The molecule has 0 radical (unpaired) electrons. The van der Waals surface area contributed by atoms with Crippen LogP contribution in [0.15, 0.2) is 0 Å². The zero-order valence-corrected chi connectivity index (χ0v) is 11.3. The van der Waals surface area contributed by atoms with Gasteiger partial charge in [0.15, 0.2) is 0 Å². The summed E-state index contributed by atoms with van der Waals surface area (Å²) in [7, 11) is 0. The highest BCUT2D eigenvalue weighted by Crippen LogP contribution is 2.27. The molecule has 2 fully saturated rings. The second-order valence-corrected chi connectivity index (χ2v) is 5.38. The van der Waals surface area contributed by atoms with Gasteiger partial charge in [0.25, 0.3) is 0 Å². The average Bonchev–Trinajstić information content (AvgIpc) is 3.21. The normalized spacial score (nSPS) is 22.7. The van der Waals surface area contributed by atoms with E-state index >= 15 is 0 Å². The summed E-state index contributed by atoms with van der Waals surface area (Å²) in [6.45, 7) is 7.88. The lowest BCUT2D eigenvalue weighted by Crippen LogP contribution is -2.48. The molecular formula is C13H25N3O2. The highest BCUT2D eigenvalue weighted by molar-refractivity contribution is 5.77. The minimum atomic E-state index is 0.107. The van der Waals surface area contributed by atoms with Crippen LogP contribution in [-0.4, -0.2) is 62.8 Å². The Bertz CT molecular complexity index is 263. The first-order chi connectivity index (χ1) is 8.75. The first-order valence-corrected chi connectivity index (χ1v) is 7.05. The largest absolute Gasteiger partial charge is 0.379 e. The van der Waals surface area contributed by atoms with Gasteiger partial charge in [0, 0.05) is 25.7 Å². The number of morpholine rings is 1. The molecule has 104 valence electrons. The predicted octanol–water partition coefficient (Wildman–Crippen LogP) is -0.177. The molecule has 1 amide bonds.